The van der Waals surface area contributed by atoms with E-state index in [1.54, 1.807) is 22.7 Å². The Balaban J connectivity index is 2.12. The van der Waals surface area contributed by atoms with Crippen LogP contribution >= 0.6 is 34.3 Å². The Hall–Kier alpha value is -0.620. The van der Waals surface area contributed by atoms with E-state index in [2.05, 4.69) is 16.8 Å². The Kier molecular flexibility index (Phi) is 5.21. The van der Waals surface area contributed by atoms with Gasteiger partial charge in [-0.15, -0.1) is 11.3 Å². The van der Waals surface area contributed by atoms with Crippen molar-refractivity contribution in [2.75, 3.05) is 11.9 Å². The maximum atomic E-state index is 9.37. The van der Waals surface area contributed by atoms with Crippen LogP contribution in [-0.4, -0.2) is 17.1 Å². The van der Waals surface area contributed by atoms with Crippen LogP contribution in [0.15, 0.2) is 12.1 Å². The molecule has 2 heterocycles. The van der Waals surface area contributed by atoms with Gasteiger partial charge in [-0.25, -0.2) is 4.98 Å². The second-order valence-corrected chi connectivity index (χ2v) is 7.20. The maximum Gasteiger partial charge on any atom is 0.185 e. The Morgan fingerprint density at radius 3 is 2.74 bits per heavy atom. The minimum absolute atomic E-state index is 0.0751. The molecule has 0 amide bonds. The minimum Gasteiger partial charge on any atom is -0.391 e. The van der Waals surface area contributed by atoms with Gasteiger partial charge in [-0.1, -0.05) is 36.3 Å². The number of rotatable bonds is 6. The number of hydrogen-bond acceptors (Lipinski definition) is 5. The number of aryl methyl sites for hydroxylation is 1. The molecule has 0 unspecified atom stereocenters. The van der Waals surface area contributed by atoms with Crippen LogP contribution in [0.4, 0.5) is 5.13 Å². The molecule has 0 radical (unpaired) electrons. The number of thiazole rings is 1. The second kappa shape index (κ2) is 6.70. The van der Waals surface area contributed by atoms with E-state index in [4.69, 9.17) is 11.6 Å². The average molecular weight is 317 g/mol. The number of nitrogens with zero attached hydrogens (tertiary/aromatic N) is 2. The van der Waals surface area contributed by atoms with Crippen molar-refractivity contribution in [1.82, 2.24) is 4.98 Å². The molecular formula is C13H17ClN2OS2. The SMILES string of the molecule is CCCc1nc(N(C)Cc2ccc(Cl)s2)sc1CO. The van der Waals surface area contributed by atoms with Crippen molar-refractivity contribution in [3.8, 4) is 0 Å². The molecule has 19 heavy (non-hydrogen) atoms. The van der Waals surface area contributed by atoms with Crippen molar-refractivity contribution in [1.29, 1.82) is 0 Å². The summed E-state index contributed by atoms with van der Waals surface area (Å²) in [7, 11) is 2.02. The summed E-state index contributed by atoms with van der Waals surface area (Å²) in [5.74, 6) is 0. The smallest absolute Gasteiger partial charge is 0.185 e. The van der Waals surface area contributed by atoms with Crippen LogP contribution in [0, 0.1) is 0 Å². The van der Waals surface area contributed by atoms with Gasteiger partial charge >= 0.3 is 0 Å². The predicted molar refractivity (Wildman–Crippen MR) is 83.5 cm³/mol. The standard InChI is InChI=1S/C13H17ClN2OS2/c1-3-4-10-11(8-17)19-13(15-10)16(2)7-9-5-6-12(14)18-9/h5-6,17H,3-4,7-8H2,1-2H3. The van der Waals surface area contributed by atoms with Gasteiger partial charge in [0, 0.05) is 11.9 Å². The Morgan fingerprint density at radius 1 is 1.37 bits per heavy atom. The zero-order valence-electron chi connectivity index (χ0n) is 11.0. The number of halogens is 1. The van der Waals surface area contributed by atoms with E-state index >= 15 is 0 Å². The lowest BCUT2D eigenvalue weighted by Gasteiger charge is -2.14. The van der Waals surface area contributed by atoms with E-state index in [1.165, 1.54) is 4.88 Å². The first kappa shape index (κ1) is 14.8. The second-order valence-electron chi connectivity index (χ2n) is 4.34. The highest BCUT2D eigenvalue weighted by Gasteiger charge is 2.13. The van der Waals surface area contributed by atoms with Gasteiger partial charge in [0.2, 0.25) is 0 Å². The van der Waals surface area contributed by atoms with Crippen LogP contribution in [0.3, 0.4) is 0 Å². The van der Waals surface area contributed by atoms with Crippen molar-refractivity contribution in [2.24, 2.45) is 0 Å². The summed E-state index contributed by atoms with van der Waals surface area (Å²) >= 11 is 9.10. The van der Waals surface area contributed by atoms with Gasteiger partial charge in [0.05, 0.1) is 28.1 Å². The fourth-order valence-corrected chi connectivity index (χ4v) is 3.89. The van der Waals surface area contributed by atoms with Crippen LogP contribution in [0.2, 0.25) is 4.34 Å². The molecule has 1 N–H and O–H groups in total. The molecule has 0 saturated heterocycles. The van der Waals surface area contributed by atoms with E-state index in [1.807, 2.05) is 19.2 Å². The van der Waals surface area contributed by atoms with Crippen molar-refractivity contribution in [2.45, 2.75) is 32.9 Å². The molecule has 0 atom stereocenters. The lowest BCUT2D eigenvalue weighted by molar-refractivity contribution is 0.284. The minimum atomic E-state index is 0.0751. The average Bonchev–Trinajstić information content (AvgIpc) is 2.96. The molecule has 0 aliphatic heterocycles. The molecule has 0 saturated carbocycles. The summed E-state index contributed by atoms with van der Waals surface area (Å²) in [5, 5.41) is 10.3. The molecule has 0 bridgehead atoms. The summed E-state index contributed by atoms with van der Waals surface area (Å²) in [6.07, 6.45) is 1.96. The fraction of sp³-hybridized carbons (Fsp3) is 0.462. The summed E-state index contributed by atoms with van der Waals surface area (Å²) in [6.45, 7) is 2.99. The molecule has 104 valence electrons. The third-order valence-corrected chi connectivity index (χ3v) is 5.16. The highest BCUT2D eigenvalue weighted by molar-refractivity contribution is 7.16. The molecular weight excluding hydrogens is 300 g/mol. The van der Waals surface area contributed by atoms with E-state index < -0.39 is 0 Å². The number of aliphatic hydroxyl groups excluding tert-OH is 1. The Bertz CT molecular complexity index is 538. The molecule has 6 heteroatoms. The van der Waals surface area contributed by atoms with Gasteiger partial charge in [-0.05, 0) is 18.6 Å². The summed E-state index contributed by atoms with van der Waals surface area (Å²) in [5.41, 5.74) is 1.03. The van der Waals surface area contributed by atoms with Crippen LogP contribution in [0.5, 0.6) is 0 Å². The van der Waals surface area contributed by atoms with Crippen LogP contribution in [-0.2, 0) is 19.6 Å². The van der Waals surface area contributed by atoms with Crippen molar-refractivity contribution in [3.63, 3.8) is 0 Å². The Labute approximate surface area is 126 Å². The predicted octanol–water partition coefficient (Wildman–Crippen LogP) is 3.94. The summed E-state index contributed by atoms with van der Waals surface area (Å²) < 4.78 is 0.810. The molecule has 0 aromatic carbocycles. The molecule has 2 rings (SSSR count). The quantitative estimate of drug-likeness (QED) is 0.877. The lowest BCUT2D eigenvalue weighted by atomic mass is 10.2. The number of hydrogen-bond donors (Lipinski definition) is 1. The normalized spacial score (nSPS) is 10.9. The fourth-order valence-electron chi connectivity index (χ4n) is 1.83. The van der Waals surface area contributed by atoms with Crippen LogP contribution < -0.4 is 4.90 Å². The van der Waals surface area contributed by atoms with Crippen LogP contribution in [0.25, 0.3) is 0 Å². The summed E-state index contributed by atoms with van der Waals surface area (Å²) in [6, 6.07) is 3.95. The number of aromatic nitrogens is 1. The van der Waals surface area contributed by atoms with Crippen molar-refractivity contribution >= 4 is 39.4 Å². The number of anilines is 1. The van der Waals surface area contributed by atoms with Crippen LogP contribution in [0.1, 0.15) is 28.8 Å². The van der Waals surface area contributed by atoms with E-state index in [0.29, 0.717) is 0 Å². The zero-order valence-corrected chi connectivity index (χ0v) is 13.4. The molecule has 2 aromatic rings. The molecule has 0 aliphatic carbocycles. The zero-order chi connectivity index (χ0) is 13.8. The van der Waals surface area contributed by atoms with E-state index in [0.717, 1.165) is 39.4 Å². The van der Waals surface area contributed by atoms with E-state index in [-0.39, 0.29) is 6.61 Å². The Morgan fingerprint density at radius 2 is 2.16 bits per heavy atom. The topological polar surface area (TPSA) is 36.4 Å². The summed E-state index contributed by atoms with van der Waals surface area (Å²) in [4.78, 5) is 8.92. The first-order valence-electron chi connectivity index (χ1n) is 6.18. The molecule has 2 aromatic heterocycles. The first-order chi connectivity index (χ1) is 9.13. The molecule has 0 spiro atoms. The van der Waals surface area contributed by atoms with Crippen molar-refractivity contribution < 1.29 is 5.11 Å². The third kappa shape index (κ3) is 3.69. The highest BCUT2D eigenvalue weighted by Crippen LogP contribution is 2.29. The van der Waals surface area contributed by atoms with Crippen molar-refractivity contribution in [3.05, 3.63) is 31.9 Å². The van der Waals surface area contributed by atoms with Gasteiger partial charge in [-0.3, -0.25) is 0 Å². The van der Waals surface area contributed by atoms with Gasteiger partial charge in [0.1, 0.15) is 0 Å². The third-order valence-electron chi connectivity index (χ3n) is 2.75. The van der Waals surface area contributed by atoms with E-state index in [9.17, 15) is 5.11 Å². The number of aliphatic hydroxyl groups is 1. The van der Waals surface area contributed by atoms with Gasteiger partial charge < -0.3 is 10.0 Å². The maximum absolute atomic E-state index is 9.37. The largest absolute Gasteiger partial charge is 0.391 e. The molecule has 3 nitrogen and oxygen atoms in total. The lowest BCUT2D eigenvalue weighted by Crippen LogP contribution is -2.15. The monoisotopic (exact) mass is 316 g/mol. The first-order valence-corrected chi connectivity index (χ1v) is 8.20. The number of thiophene rings is 1. The highest BCUT2D eigenvalue weighted by atomic mass is 35.5. The van der Waals surface area contributed by atoms with Gasteiger partial charge in [0.25, 0.3) is 0 Å². The molecule has 0 aliphatic rings. The van der Waals surface area contributed by atoms with Gasteiger partial charge in [-0.2, -0.15) is 0 Å². The molecule has 0 fully saturated rings. The van der Waals surface area contributed by atoms with Gasteiger partial charge in [0.15, 0.2) is 5.13 Å².